The lowest BCUT2D eigenvalue weighted by Gasteiger charge is -2.15. The van der Waals surface area contributed by atoms with Crippen molar-refractivity contribution in [3.05, 3.63) is 34.6 Å². The van der Waals surface area contributed by atoms with Gasteiger partial charge in [0.1, 0.15) is 12.8 Å². The number of aromatic amines is 1. The van der Waals surface area contributed by atoms with Crippen LogP contribution in [0, 0.1) is 10.1 Å². The summed E-state index contributed by atoms with van der Waals surface area (Å²) in [6.07, 6.45) is 5.26. The van der Waals surface area contributed by atoms with Gasteiger partial charge in [-0.2, -0.15) is 5.10 Å². The van der Waals surface area contributed by atoms with Gasteiger partial charge in [0, 0.05) is 18.8 Å². The van der Waals surface area contributed by atoms with E-state index in [1.165, 1.54) is 25.1 Å². The molecule has 22 heavy (non-hydrogen) atoms. The molecule has 116 valence electrons. The quantitative estimate of drug-likeness (QED) is 0.646. The van der Waals surface area contributed by atoms with Crippen molar-refractivity contribution in [1.82, 2.24) is 20.1 Å². The van der Waals surface area contributed by atoms with Crippen LogP contribution < -0.4 is 4.74 Å². The smallest absolute Gasteiger partial charge is 0.288 e. The van der Waals surface area contributed by atoms with E-state index >= 15 is 0 Å². The van der Waals surface area contributed by atoms with Gasteiger partial charge in [0.25, 0.3) is 5.69 Å². The number of hydrogen-bond donors (Lipinski definition) is 1. The minimum Gasteiger partial charge on any atom is -0.476 e. The van der Waals surface area contributed by atoms with Crippen LogP contribution in [0.1, 0.15) is 12.8 Å². The van der Waals surface area contributed by atoms with E-state index in [4.69, 9.17) is 4.74 Å². The third-order valence-corrected chi connectivity index (χ3v) is 3.68. The normalized spacial score (nSPS) is 15.1. The van der Waals surface area contributed by atoms with Gasteiger partial charge in [-0.1, -0.05) is 0 Å². The van der Waals surface area contributed by atoms with Gasteiger partial charge in [-0.15, -0.1) is 0 Å². The molecule has 3 heterocycles. The van der Waals surface area contributed by atoms with Gasteiger partial charge < -0.3 is 4.74 Å². The number of pyridine rings is 1. The molecule has 1 aliphatic heterocycles. The van der Waals surface area contributed by atoms with Crippen LogP contribution in [-0.4, -0.2) is 51.2 Å². The molecular weight excluding hydrogens is 286 g/mol. The van der Waals surface area contributed by atoms with E-state index in [9.17, 15) is 10.1 Å². The average Bonchev–Trinajstić information content (AvgIpc) is 3.21. The molecule has 8 heteroatoms. The lowest BCUT2D eigenvalue weighted by Crippen LogP contribution is -2.25. The van der Waals surface area contributed by atoms with Crippen LogP contribution in [-0.2, 0) is 0 Å². The van der Waals surface area contributed by atoms with Gasteiger partial charge in [0.05, 0.1) is 16.2 Å². The fourth-order valence-corrected chi connectivity index (χ4v) is 2.53. The summed E-state index contributed by atoms with van der Waals surface area (Å²) >= 11 is 0. The van der Waals surface area contributed by atoms with Crippen LogP contribution in [0.15, 0.2) is 24.5 Å². The van der Waals surface area contributed by atoms with E-state index in [1.807, 2.05) is 0 Å². The third-order valence-electron chi connectivity index (χ3n) is 3.68. The van der Waals surface area contributed by atoms with Crippen molar-refractivity contribution in [3.8, 4) is 17.1 Å². The van der Waals surface area contributed by atoms with Crippen molar-refractivity contribution >= 4 is 5.69 Å². The van der Waals surface area contributed by atoms with Crippen LogP contribution in [0.3, 0.4) is 0 Å². The van der Waals surface area contributed by atoms with E-state index in [0.717, 1.165) is 19.6 Å². The predicted molar refractivity (Wildman–Crippen MR) is 79.6 cm³/mol. The van der Waals surface area contributed by atoms with Gasteiger partial charge in [-0.25, -0.2) is 4.98 Å². The van der Waals surface area contributed by atoms with E-state index in [0.29, 0.717) is 23.7 Å². The van der Waals surface area contributed by atoms with Crippen molar-refractivity contribution < 1.29 is 9.66 Å². The van der Waals surface area contributed by atoms with Crippen LogP contribution in [0.4, 0.5) is 5.69 Å². The number of H-pyrrole nitrogens is 1. The first-order chi connectivity index (χ1) is 10.7. The minimum atomic E-state index is -0.471. The first kappa shape index (κ1) is 14.5. The topological polar surface area (TPSA) is 97.2 Å². The van der Waals surface area contributed by atoms with Gasteiger partial charge in [-0.3, -0.25) is 20.1 Å². The van der Waals surface area contributed by atoms with E-state index in [1.54, 1.807) is 12.3 Å². The maximum Gasteiger partial charge on any atom is 0.288 e. The predicted octanol–water partition coefficient (Wildman–Crippen LogP) is 1.85. The Morgan fingerprint density at radius 1 is 1.41 bits per heavy atom. The third kappa shape index (κ3) is 3.22. The van der Waals surface area contributed by atoms with Crippen molar-refractivity contribution in [1.29, 1.82) is 0 Å². The average molecular weight is 303 g/mol. The summed E-state index contributed by atoms with van der Waals surface area (Å²) in [6, 6.07) is 3.18. The molecule has 8 nitrogen and oxygen atoms in total. The SMILES string of the molecule is O=[N+]([O-])c1cnc(OCCN2CCCC2)c(-c2ccn[nH]2)c1. The molecule has 0 aliphatic carbocycles. The molecule has 1 saturated heterocycles. The van der Waals surface area contributed by atoms with Crippen molar-refractivity contribution in [2.45, 2.75) is 12.8 Å². The Kier molecular flexibility index (Phi) is 4.29. The summed E-state index contributed by atoms with van der Waals surface area (Å²) in [4.78, 5) is 16.9. The molecule has 1 N–H and O–H groups in total. The number of ether oxygens (including phenoxy) is 1. The van der Waals surface area contributed by atoms with Crippen LogP contribution >= 0.6 is 0 Å². The van der Waals surface area contributed by atoms with Crippen molar-refractivity contribution in [2.24, 2.45) is 0 Å². The summed E-state index contributed by atoms with van der Waals surface area (Å²) in [5.74, 6) is 0.383. The Morgan fingerprint density at radius 2 is 2.23 bits per heavy atom. The molecule has 2 aromatic rings. The Bertz CT molecular complexity index is 638. The molecule has 0 atom stereocenters. The largest absolute Gasteiger partial charge is 0.476 e. The first-order valence-electron chi connectivity index (χ1n) is 7.23. The second kappa shape index (κ2) is 6.52. The highest BCUT2D eigenvalue weighted by Gasteiger charge is 2.17. The lowest BCUT2D eigenvalue weighted by molar-refractivity contribution is -0.385. The maximum absolute atomic E-state index is 10.9. The number of likely N-dealkylation sites (tertiary alicyclic amines) is 1. The summed E-state index contributed by atoms with van der Waals surface area (Å²) in [5, 5.41) is 17.6. The zero-order valence-corrected chi connectivity index (χ0v) is 12.1. The molecule has 0 amide bonds. The number of hydrogen-bond acceptors (Lipinski definition) is 6. The molecule has 0 radical (unpaired) electrons. The van der Waals surface area contributed by atoms with Gasteiger partial charge in [0.2, 0.25) is 5.88 Å². The Hall–Kier alpha value is -2.48. The number of nitro groups is 1. The summed E-state index contributed by atoms with van der Waals surface area (Å²) in [5.41, 5.74) is 1.12. The Balaban J connectivity index is 1.75. The fourth-order valence-electron chi connectivity index (χ4n) is 2.53. The zero-order chi connectivity index (χ0) is 15.4. The number of nitrogens with one attached hydrogen (secondary N) is 1. The number of rotatable bonds is 6. The first-order valence-corrected chi connectivity index (χ1v) is 7.23. The van der Waals surface area contributed by atoms with Gasteiger partial charge in [-0.05, 0) is 32.0 Å². The lowest BCUT2D eigenvalue weighted by atomic mass is 10.2. The van der Waals surface area contributed by atoms with Crippen molar-refractivity contribution in [3.63, 3.8) is 0 Å². The summed E-state index contributed by atoms with van der Waals surface area (Å²) < 4.78 is 5.73. The Labute approximate surface area is 127 Å². The molecule has 1 aliphatic rings. The van der Waals surface area contributed by atoms with E-state index in [2.05, 4.69) is 20.1 Å². The van der Waals surface area contributed by atoms with Crippen LogP contribution in [0.2, 0.25) is 0 Å². The van der Waals surface area contributed by atoms with Gasteiger partial charge >= 0.3 is 0 Å². The second-order valence-electron chi connectivity index (χ2n) is 5.17. The van der Waals surface area contributed by atoms with Gasteiger partial charge in [0.15, 0.2) is 0 Å². The summed E-state index contributed by atoms with van der Waals surface area (Å²) in [7, 11) is 0. The molecular formula is C14H17N5O3. The van der Waals surface area contributed by atoms with E-state index in [-0.39, 0.29) is 5.69 Å². The molecule has 0 saturated carbocycles. The van der Waals surface area contributed by atoms with E-state index < -0.39 is 4.92 Å². The van der Waals surface area contributed by atoms with Crippen molar-refractivity contribution in [2.75, 3.05) is 26.2 Å². The highest BCUT2D eigenvalue weighted by Crippen LogP contribution is 2.29. The fraction of sp³-hybridized carbons (Fsp3) is 0.429. The zero-order valence-electron chi connectivity index (χ0n) is 12.1. The summed E-state index contributed by atoms with van der Waals surface area (Å²) in [6.45, 7) is 3.54. The highest BCUT2D eigenvalue weighted by molar-refractivity contribution is 5.67. The number of nitrogens with zero attached hydrogens (tertiary/aromatic N) is 4. The van der Waals surface area contributed by atoms with Crippen LogP contribution in [0.5, 0.6) is 5.88 Å². The van der Waals surface area contributed by atoms with Crippen LogP contribution in [0.25, 0.3) is 11.3 Å². The highest BCUT2D eigenvalue weighted by atomic mass is 16.6. The minimum absolute atomic E-state index is 0.0727. The molecule has 0 spiro atoms. The molecule has 0 unspecified atom stereocenters. The molecule has 0 bridgehead atoms. The molecule has 3 rings (SSSR count). The monoisotopic (exact) mass is 303 g/mol. The molecule has 1 fully saturated rings. The Morgan fingerprint density at radius 3 is 2.91 bits per heavy atom. The number of aromatic nitrogens is 3. The second-order valence-corrected chi connectivity index (χ2v) is 5.17. The molecule has 0 aromatic carbocycles. The maximum atomic E-state index is 10.9. The standard InChI is InChI=1S/C14H17N5O3/c20-19(21)11-9-12(13-3-4-16-17-13)14(15-10-11)22-8-7-18-5-1-2-6-18/h3-4,9-10H,1-2,5-8H2,(H,16,17). The molecule has 2 aromatic heterocycles.